The van der Waals surface area contributed by atoms with Crippen LogP contribution >= 0.6 is 0 Å². The number of nitrogens with one attached hydrogen (secondary N) is 1. The van der Waals surface area contributed by atoms with E-state index in [1.54, 1.807) is 13.0 Å². The number of benzene rings is 2. The highest BCUT2D eigenvalue weighted by Crippen LogP contribution is 2.20. The number of carbonyl (C=O) groups is 1. The quantitative estimate of drug-likeness (QED) is 0.801. The normalized spacial score (nSPS) is 10.5. The van der Waals surface area contributed by atoms with Crippen LogP contribution in [0.4, 0.5) is 5.69 Å². The van der Waals surface area contributed by atoms with Crippen LogP contribution in [0, 0.1) is 13.8 Å². The van der Waals surface area contributed by atoms with Gasteiger partial charge in [0.05, 0.1) is 0 Å². The molecule has 0 radical (unpaired) electrons. The van der Waals surface area contributed by atoms with E-state index < -0.39 is 0 Å². The molecule has 0 unspecified atom stereocenters. The van der Waals surface area contributed by atoms with Crippen LogP contribution in [0.15, 0.2) is 53.1 Å². The molecule has 0 fully saturated rings. The number of carbonyl (C=O) groups excluding carboxylic acids is 1. The van der Waals surface area contributed by atoms with E-state index in [0.717, 1.165) is 11.1 Å². The van der Waals surface area contributed by atoms with Gasteiger partial charge in [0.2, 0.25) is 0 Å². The van der Waals surface area contributed by atoms with Gasteiger partial charge in [-0.3, -0.25) is 4.79 Å². The molecule has 5 heteroatoms. The Morgan fingerprint density at radius 3 is 2.41 bits per heavy atom. The van der Waals surface area contributed by atoms with E-state index in [1.807, 2.05) is 49.4 Å². The number of anilines is 1. The van der Waals surface area contributed by atoms with Crippen LogP contribution in [-0.2, 0) is 0 Å². The van der Waals surface area contributed by atoms with Crippen LogP contribution in [0.2, 0.25) is 0 Å². The monoisotopic (exact) mass is 293 g/mol. The molecule has 0 spiro atoms. The second kappa shape index (κ2) is 5.81. The number of hydrogen-bond donors (Lipinski definition) is 1. The summed E-state index contributed by atoms with van der Waals surface area (Å²) in [6, 6.07) is 14.8. The van der Waals surface area contributed by atoms with Crippen LogP contribution in [-0.4, -0.2) is 16.0 Å². The third-order valence-corrected chi connectivity index (χ3v) is 3.31. The Hall–Kier alpha value is -2.95. The van der Waals surface area contributed by atoms with Crippen molar-refractivity contribution in [1.29, 1.82) is 0 Å². The van der Waals surface area contributed by atoms with Crippen molar-refractivity contribution in [2.75, 3.05) is 5.32 Å². The second-order valence-electron chi connectivity index (χ2n) is 4.99. The number of hydrogen-bond acceptors (Lipinski definition) is 4. The predicted molar refractivity (Wildman–Crippen MR) is 83.6 cm³/mol. The lowest BCUT2D eigenvalue weighted by molar-refractivity contribution is 0.102. The standard InChI is InChI=1S/C17H15N3O2/c1-11-5-3-4-6-15(11)16(21)19-14-9-7-13(8-10-14)17-18-12(2)20-22-17/h3-10H,1-2H3,(H,19,21). The van der Waals surface area contributed by atoms with Crippen LogP contribution in [0.1, 0.15) is 21.7 Å². The van der Waals surface area contributed by atoms with Crippen molar-refractivity contribution < 1.29 is 9.32 Å². The summed E-state index contributed by atoms with van der Waals surface area (Å²) in [6.45, 7) is 3.68. The molecule has 2 aromatic carbocycles. The first kappa shape index (κ1) is 14.0. The zero-order valence-electron chi connectivity index (χ0n) is 12.3. The first-order chi connectivity index (χ1) is 10.6. The molecule has 0 bridgehead atoms. The first-order valence-corrected chi connectivity index (χ1v) is 6.91. The summed E-state index contributed by atoms with van der Waals surface area (Å²) in [5.41, 5.74) is 3.14. The Kier molecular flexibility index (Phi) is 3.70. The van der Waals surface area contributed by atoms with E-state index in [1.165, 1.54) is 0 Å². The summed E-state index contributed by atoms with van der Waals surface area (Å²) in [7, 11) is 0. The Morgan fingerprint density at radius 1 is 1.05 bits per heavy atom. The Morgan fingerprint density at radius 2 is 1.77 bits per heavy atom. The first-order valence-electron chi connectivity index (χ1n) is 6.91. The van der Waals surface area contributed by atoms with Gasteiger partial charge in [0.1, 0.15) is 0 Å². The summed E-state index contributed by atoms with van der Waals surface area (Å²) in [4.78, 5) is 16.4. The fraction of sp³-hybridized carbons (Fsp3) is 0.118. The van der Waals surface area contributed by atoms with Gasteiger partial charge in [-0.25, -0.2) is 0 Å². The van der Waals surface area contributed by atoms with Crippen molar-refractivity contribution in [3.63, 3.8) is 0 Å². The van der Waals surface area contributed by atoms with Crippen molar-refractivity contribution in [2.45, 2.75) is 13.8 Å². The van der Waals surface area contributed by atoms with Crippen LogP contribution in [0.25, 0.3) is 11.5 Å². The maximum absolute atomic E-state index is 12.2. The van der Waals surface area contributed by atoms with Crippen LogP contribution in [0.3, 0.4) is 0 Å². The number of amides is 1. The zero-order chi connectivity index (χ0) is 15.5. The van der Waals surface area contributed by atoms with Crippen molar-refractivity contribution in [2.24, 2.45) is 0 Å². The van der Waals surface area contributed by atoms with Gasteiger partial charge >= 0.3 is 0 Å². The molecule has 1 heterocycles. The van der Waals surface area contributed by atoms with Gasteiger partial charge in [-0.1, -0.05) is 23.4 Å². The number of nitrogens with zero attached hydrogens (tertiary/aromatic N) is 2. The van der Waals surface area contributed by atoms with Gasteiger partial charge in [0, 0.05) is 16.8 Å². The highest BCUT2D eigenvalue weighted by molar-refractivity contribution is 6.05. The molecular weight excluding hydrogens is 278 g/mol. The molecule has 1 amide bonds. The van der Waals surface area contributed by atoms with Crippen molar-refractivity contribution >= 4 is 11.6 Å². The lowest BCUT2D eigenvalue weighted by atomic mass is 10.1. The summed E-state index contributed by atoms with van der Waals surface area (Å²) < 4.78 is 5.11. The predicted octanol–water partition coefficient (Wildman–Crippen LogP) is 3.61. The molecule has 1 aromatic heterocycles. The maximum atomic E-state index is 12.2. The average Bonchev–Trinajstić information content (AvgIpc) is 2.95. The number of rotatable bonds is 3. The molecule has 0 saturated heterocycles. The SMILES string of the molecule is Cc1noc(-c2ccc(NC(=O)c3ccccc3C)cc2)n1. The molecule has 110 valence electrons. The summed E-state index contributed by atoms with van der Waals surface area (Å²) >= 11 is 0. The fourth-order valence-corrected chi connectivity index (χ4v) is 2.14. The topological polar surface area (TPSA) is 68.0 Å². The highest BCUT2D eigenvalue weighted by Gasteiger charge is 2.10. The van der Waals surface area contributed by atoms with Gasteiger partial charge in [-0.2, -0.15) is 4.98 Å². The van der Waals surface area contributed by atoms with E-state index in [9.17, 15) is 4.79 Å². The zero-order valence-corrected chi connectivity index (χ0v) is 12.3. The summed E-state index contributed by atoms with van der Waals surface area (Å²) in [5.74, 6) is 0.931. The molecule has 1 N–H and O–H groups in total. The van der Waals surface area contributed by atoms with Gasteiger partial charge in [0.25, 0.3) is 11.8 Å². The minimum atomic E-state index is -0.125. The minimum Gasteiger partial charge on any atom is -0.334 e. The van der Waals surface area contributed by atoms with Crippen molar-refractivity contribution in [1.82, 2.24) is 10.1 Å². The van der Waals surface area contributed by atoms with E-state index >= 15 is 0 Å². The summed E-state index contributed by atoms with van der Waals surface area (Å²) in [6.07, 6.45) is 0. The third-order valence-electron chi connectivity index (χ3n) is 3.31. The van der Waals surface area contributed by atoms with E-state index in [2.05, 4.69) is 15.5 Å². The van der Waals surface area contributed by atoms with Crippen molar-refractivity contribution in [3.8, 4) is 11.5 Å². The Labute approximate surface area is 128 Å². The average molecular weight is 293 g/mol. The van der Waals surface area contributed by atoms with Gasteiger partial charge in [-0.15, -0.1) is 0 Å². The van der Waals surface area contributed by atoms with E-state index in [-0.39, 0.29) is 5.91 Å². The maximum Gasteiger partial charge on any atom is 0.257 e. The van der Waals surface area contributed by atoms with Gasteiger partial charge in [-0.05, 0) is 49.7 Å². The highest BCUT2D eigenvalue weighted by atomic mass is 16.5. The molecule has 3 aromatic rings. The largest absolute Gasteiger partial charge is 0.334 e. The molecule has 0 aliphatic carbocycles. The molecule has 0 atom stereocenters. The molecule has 5 nitrogen and oxygen atoms in total. The molecule has 3 rings (SSSR count). The Balaban J connectivity index is 1.76. The molecule has 22 heavy (non-hydrogen) atoms. The molecule has 0 aliphatic rings. The molecule has 0 saturated carbocycles. The lowest BCUT2D eigenvalue weighted by Gasteiger charge is -2.07. The minimum absolute atomic E-state index is 0.125. The summed E-state index contributed by atoms with van der Waals surface area (Å²) in [5, 5.41) is 6.63. The van der Waals surface area contributed by atoms with Crippen LogP contribution < -0.4 is 5.32 Å². The number of aryl methyl sites for hydroxylation is 2. The lowest BCUT2D eigenvalue weighted by Crippen LogP contribution is -2.13. The number of aromatic nitrogens is 2. The van der Waals surface area contributed by atoms with Crippen LogP contribution in [0.5, 0.6) is 0 Å². The smallest absolute Gasteiger partial charge is 0.257 e. The molecule has 0 aliphatic heterocycles. The third kappa shape index (κ3) is 2.88. The van der Waals surface area contributed by atoms with E-state index in [0.29, 0.717) is 23.0 Å². The van der Waals surface area contributed by atoms with E-state index in [4.69, 9.17) is 4.52 Å². The fourth-order valence-electron chi connectivity index (χ4n) is 2.14. The second-order valence-corrected chi connectivity index (χ2v) is 4.99. The van der Waals surface area contributed by atoms with Crippen molar-refractivity contribution in [3.05, 3.63) is 65.5 Å². The van der Waals surface area contributed by atoms with Gasteiger partial charge in [0.15, 0.2) is 5.82 Å². The molecular formula is C17H15N3O2. The Bertz CT molecular complexity index is 807. The van der Waals surface area contributed by atoms with Gasteiger partial charge < -0.3 is 9.84 Å².